The second-order valence-corrected chi connectivity index (χ2v) is 9.90. The zero-order valence-electron chi connectivity index (χ0n) is 17.1. The lowest BCUT2D eigenvalue weighted by molar-refractivity contribution is -0.209. The van der Waals surface area contributed by atoms with Gasteiger partial charge in [-0.2, -0.15) is 0 Å². The number of hydrogen-bond donors (Lipinski definition) is 2. The predicted octanol–water partition coefficient (Wildman–Crippen LogP) is 2.56. The van der Waals surface area contributed by atoms with E-state index in [2.05, 4.69) is 27.9 Å². The second kappa shape index (κ2) is 8.46. The maximum atomic E-state index is 12.9. The van der Waals surface area contributed by atoms with Gasteiger partial charge in [-0.05, 0) is 66.5 Å². The predicted molar refractivity (Wildman–Crippen MR) is 119 cm³/mol. The Morgan fingerprint density at radius 3 is 2.52 bits per heavy atom. The van der Waals surface area contributed by atoms with Crippen LogP contribution in [0.2, 0.25) is 0 Å². The van der Waals surface area contributed by atoms with Crippen LogP contribution in [-0.4, -0.2) is 54.2 Å². The Labute approximate surface area is 194 Å². The Balaban J connectivity index is 1.41. The van der Waals surface area contributed by atoms with Crippen molar-refractivity contribution < 1.29 is 28.9 Å². The van der Waals surface area contributed by atoms with Crippen LogP contribution in [0.1, 0.15) is 42.5 Å². The van der Waals surface area contributed by atoms with Crippen LogP contribution in [0.4, 0.5) is 0 Å². The fraction of sp³-hybridized carbons (Fsp3) is 0.565. The highest BCUT2D eigenvalue weighted by Gasteiger charge is 2.64. The number of benzene rings is 1. The van der Waals surface area contributed by atoms with E-state index in [1.807, 2.05) is 18.2 Å². The first-order chi connectivity index (χ1) is 15.0. The molecule has 1 heterocycles. The van der Waals surface area contributed by atoms with E-state index >= 15 is 0 Å². The topological polar surface area (TPSA) is 94.1 Å². The Morgan fingerprint density at radius 1 is 1.16 bits per heavy atom. The number of aliphatic hydroxyl groups is 1. The number of aliphatic hydroxyl groups excluding tert-OH is 1. The molecule has 166 valence electrons. The first-order valence-corrected chi connectivity index (χ1v) is 12.0. The van der Waals surface area contributed by atoms with Gasteiger partial charge in [-0.25, -0.2) is 4.79 Å². The number of fused-ring (bicyclic) bond motifs is 1. The molecule has 0 bridgehead atoms. The zero-order valence-corrected chi connectivity index (χ0v) is 19.2. The highest BCUT2D eigenvalue weighted by Crippen LogP contribution is 2.59. The zero-order chi connectivity index (χ0) is 21.6. The van der Waals surface area contributed by atoms with Gasteiger partial charge in [0.25, 0.3) is 0 Å². The van der Waals surface area contributed by atoms with Crippen LogP contribution in [0.25, 0.3) is 0 Å². The summed E-state index contributed by atoms with van der Waals surface area (Å²) in [6.07, 6.45) is 4.91. The van der Waals surface area contributed by atoms with Gasteiger partial charge in [0, 0.05) is 33.9 Å². The van der Waals surface area contributed by atoms with Gasteiger partial charge in [0.15, 0.2) is 5.79 Å². The van der Waals surface area contributed by atoms with Gasteiger partial charge in [-0.15, -0.1) is 0 Å². The van der Waals surface area contributed by atoms with Gasteiger partial charge >= 0.3 is 5.97 Å². The fourth-order valence-electron chi connectivity index (χ4n) is 4.68. The number of ether oxygens (including phenoxy) is 3. The van der Waals surface area contributed by atoms with Crippen LogP contribution in [0.3, 0.4) is 0 Å². The van der Waals surface area contributed by atoms with Crippen molar-refractivity contribution in [1.82, 2.24) is 5.32 Å². The Morgan fingerprint density at radius 2 is 1.87 bits per heavy atom. The molecule has 3 fully saturated rings. The Kier molecular flexibility index (Phi) is 5.83. The molecule has 1 aromatic rings. The number of rotatable bonds is 7. The minimum atomic E-state index is -0.618. The first-order valence-electron chi connectivity index (χ1n) is 10.9. The van der Waals surface area contributed by atoms with Gasteiger partial charge in [-0.1, -0.05) is 12.1 Å². The molecular formula is C23H26INO6. The van der Waals surface area contributed by atoms with E-state index in [0.717, 1.165) is 29.3 Å². The molecule has 0 aromatic heterocycles. The average molecular weight is 539 g/mol. The van der Waals surface area contributed by atoms with Crippen molar-refractivity contribution in [3.05, 3.63) is 45.0 Å². The molecule has 5 rings (SSSR count). The van der Waals surface area contributed by atoms with Crippen LogP contribution < -0.4 is 5.32 Å². The molecule has 31 heavy (non-hydrogen) atoms. The summed E-state index contributed by atoms with van der Waals surface area (Å²) in [5, 5.41) is 11.7. The summed E-state index contributed by atoms with van der Waals surface area (Å²) in [6.45, 7) is 0.0321. The summed E-state index contributed by atoms with van der Waals surface area (Å²) in [6, 6.07) is 7.26. The van der Waals surface area contributed by atoms with E-state index in [0.29, 0.717) is 23.0 Å². The summed E-state index contributed by atoms with van der Waals surface area (Å²) in [5.41, 5.74) is 0.997. The van der Waals surface area contributed by atoms with Crippen LogP contribution in [0.15, 0.2) is 35.9 Å². The fourth-order valence-corrected chi connectivity index (χ4v) is 5.29. The third kappa shape index (κ3) is 4.15. The molecule has 7 nitrogen and oxygen atoms in total. The van der Waals surface area contributed by atoms with Crippen molar-refractivity contribution in [1.29, 1.82) is 0 Å². The molecule has 1 aromatic carbocycles. The molecule has 3 unspecified atom stereocenters. The number of amides is 1. The number of carbonyl (C=O) groups excluding carboxylic acids is 2. The van der Waals surface area contributed by atoms with Gasteiger partial charge in [-0.3, -0.25) is 4.79 Å². The highest BCUT2D eigenvalue weighted by molar-refractivity contribution is 14.1. The summed E-state index contributed by atoms with van der Waals surface area (Å²) in [4.78, 5) is 25.6. The van der Waals surface area contributed by atoms with Crippen molar-refractivity contribution in [2.75, 3.05) is 13.2 Å². The van der Waals surface area contributed by atoms with Crippen LogP contribution >= 0.6 is 22.6 Å². The number of hydrogen-bond acceptors (Lipinski definition) is 6. The normalized spacial score (nSPS) is 29.1. The largest absolute Gasteiger partial charge is 0.455 e. The number of halogens is 1. The third-order valence-corrected chi connectivity index (χ3v) is 7.39. The summed E-state index contributed by atoms with van der Waals surface area (Å²) in [7, 11) is 0. The van der Waals surface area contributed by atoms with Crippen molar-refractivity contribution >= 4 is 34.5 Å². The van der Waals surface area contributed by atoms with Crippen molar-refractivity contribution in [2.45, 2.75) is 56.2 Å². The molecule has 0 radical (unpaired) electrons. The third-order valence-electron chi connectivity index (χ3n) is 6.45. The summed E-state index contributed by atoms with van der Waals surface area (Å²) in [5.74, 6) is -0.574. The van der Waals surface area contributed by atoms with Crippen molar-refractivity contribution in [3.63, 3.8) is 0 Å². The van der Waals surface area contributed by atoms with Gasteiger partial charge in [0.2, 0.25) is 5.91 Å². The van der Waals surface area contributed by atoms with E-state index in [9.17, 15) is 9.59 Å². The molecule has 4 aliphatic rings. The van der Waals surface area contributed by atoms with Crippen molar-refractivity contribution in [3.8, 4) is 0 Å². The van der Waals surface area contributed by atoms with Gasteiger partial charge < -0.3 is 24.6 Å². The average Bonchev–Trinajstić information content (AvgIpc) is 3.68. The van der Waals surface area contributed by atoms with E-state index < -0.39 is 30.1 Å². The molecule has 3 atom stereocenters. The van der Waals surface area contributed by atoms with Crippen LogP contribution in [-0.2, 0) is 19.0 Å². The van der Waals surface area contributed by atoms with Crippen LogP contribution in [0, 0.1) is 15.4 Å². The molecule has 1 saturated heterocycles. The molecule has 1 amide bonds. The maximum absolute atomic E-state index is 12.9. The smallest absolute Gasteiger partial charge is 0.339 e. The van der Waals surface area contributed by atoms with E-state index in [4.69, 9.17) is 19.3 Å². The van der Waals surface area contributed by atoms with Gasteiger partial charge in [0.05, 0.1) is 12.2 Å². The molecular weight excluding hydrogens is 513 g/mol. The lowest BCUT2D eigenvalue weighted by atomic mass is 9.91. The molecule has 3 aliphatic carbocycles. The highest BCUT2D eigenvalue weighted by atomic mass is 127. The summed E-state index contributed by atoms with van der Waals surface area (Å²) >= 11 is 2.11. The lowest BCUT2D eigenvalue weighted by Crippen LogP contribution is -2.44. The second-order valence-electron chi connectivity index (χ2n) is 8.73. The number of esters is 1. The van der Waals surface area contributed by atoms with E-state index in [1.54, 1.807) is 12.1 Å². The van der Waals surface area contributed by atoms with E-state index in [1.165, 1.54) is 0 Å². The molecule has 1 aliphatic heterocycles. The SMILES string of the molecule is O=C(NCCO)C1=CC2OC(C3CC3)(C3CC3)OC2C(OC(=O)c2ccccc2I)C1. The van der Waals surface area contributed by atoms with Crippen LogP contribution in [0.5, 0.6) is 0 Å². The number of carbonyl (C=O) groups is 2. The van der Waals surface area contributed by atoms with Crippen molar-refractivity contribution in [2.24, 2.45) is 11.8 Å². The maximum Gasteiger partial charge on any atom is 0.339 e. The Hall–Kier alpha value is -1.49. The molecule has 0 spiro atoms. The quantitative estimate of drug-likeness (QED) is 0.409. The standard InChI is InChI=1S/C23H26INO6/c24-17-4-2-1-3-16(17)22(28)29-18-11-13(21(27)25-9-10-26)12-19-20(18)31-23(30-19,14-5-6-14)15-7-8-15/h1-4,12,14-15,18-20,26H,5-11H2,(H,25,27). The molecule has 8 heteroatoms. The Bertz CT molecular complexity index is 897. The molecule has 2 saturated carbocycles. The summed E-state index contributed by atoms with van der Waals surface area (Å²) < 4.78 is 19.8. The lowest BCUT2D eigenvalue weighted by Gasteiger charge is -2.31. The first kappa shape index (κ1) is 21.4. The van der Waals surface area contributed by atoms with E-state index in [-0.39, 0.29) is 25.5 Å². The minimum absolute atomic E-state index is 0.137. The van der Waals surface area contributed by atoms with Gasteiger partial charge in [0.1, 0.15) is 18.3 Å². The number of nitrogens with one attached hydrogen (secondary N) is 1. The monoisotopic (exact) mass is 539 g/mol. The minimum Gasteiger partial charge on any atom is -0.455 e. The molecule has 2 N–H and O–H groups in total.